The van der Waals surface area contributed by atoms with E-state index in [2.05, 4.69) is 4.90 Å². The Morgan fingerprint density at radius 3 is 2.12 bits per heavy atom. The van der Waals surface area contributed by atoms with E-state index in [0.29, 0.717) is 17.0 Å². The molecule has 0 N–H and O–H groups in total. The summed E-state index contributed by atoms with van der Waals surface area (Å²) in [5, 5.41) is 0. The van der Waals surface area contributed by atoms with Crippen molar-refractivity contribution < 1.29 is 28.7 Å². The van der Waals surface area contributed by atoms with Gasteiger partial charge in [0.1, 0.15) is 5.75 Å². The summed E-state index contributed by atoms with van der Waals surface area (Å²) in [6.07, 6.45) is 4.55. The largest absolute Gasteiger partial charge is 0.497 e. The van der Waals surface area contributed by atoms with Gasteiger partial charge in [0.2, 0.25) is 5.91 Å². The number of methoxy groups -OCH3 is 1. The van der Waals surface area contributed by atoms with Crippen LogP contribution in [0.25, 0.3) is 0 Å². The van der Waals surface area contributed by atoms with Gasteiger partial charge in [0.05, 0.1) is 30.8 Å². The van der Waals surface area contributed by atoms with Crippen LogP contribution in [0.4, 0.5) is 5.69 Å². The summed E-state index contributed by atoms with van der Waals surface area (Å²) in [4.78, 5) is 53.6. The molecule has 2 amide bonds. The summed E-state index contributed by atoms with van der Waals surface area (Å²) >= 11 is 0. The van der Waals surface area contributed by atoms with Gasteiger partial charge in [0, 0.05) is 5.56 Å². The monoisotopic (exact) mass is 464 g/mol. The molecule has 2 aromatic carbocycles. The predicted molar refractivity (Wildman–Crippen MR) is 125 cm³/mol. The molecule has 178 valence electrons. The first-order valence-electron chi connectivity index (χ1n) is 11.5. The van der Waals surface area contributed by atoms with Crippen molar-refractivity contribution >= 4 is 29.3 Å². The van der Waals surface area contributed by atoms with E-state index in [1.54, 1.807) is 36.4 Å². The van der Waals surface area contributed by atoms with Gasteiger partial charge in [-0.15, -0.1) is 0 Å². The fraction of sp³-hybridized carbons (Fsp3) is 0.385. The Hall–Kier alpha value is -3.52. The van der Waals surface area contributed by atoms with Crippen LogP contribution in [0, 0.1) is 0 Å². The van der Waals surface area contributed by atoms with Crippen molar-refractivity contribution in [2.24, 2.45) is 0 Å². The molecule has 1 unspecified atom stereocenters. The number of nitrogens with zero attached hydrogens (tertiary/aromatic N) is 2. The minimum atomic E-state index is -0.657. The van der Waals surface area contributed by atoms with Gasteiger partial charge in [-0.3, -0.25) is 19.3 Å². The highest BCUT2D eigenvalue weighted by atomic mass is 16.5. The van der Waals surface area contributed by atoms with Gasteiger partial charge in [-0.05, 0) is 74.5 Å². The zero-order valence-corrected chi connectivity index (χ0v) is 19.2. The maximum atomic E-state index is 13.0. The smallest absolute Gasteiger partial charge is 0.338 e. The third-order valence-electron chi connectivity index (χ3n) is 6.31. The number of ether oxygens (including phenoxy) is 2. The van der Waals surface area contributed by atoms with E-state index in [1.165, 1.54) is 24.1 Å². The van der Waals surface area contributed by atoms with Gasteiger partial charge in [-0.2, -0.15) is 0 Å². The van der Waals surface area contributed by atoms with Crippen molar-refractivity contribution in [3.8, 4) is 5.75 Å². The Labute approximate surface area is 198 Å². The number of imide groups is 1. The molecule has 0 saturated carbocycles. The molecule has 0 spiro atoms. The van der Waals surface area contributed by atoms with Crippen molar-refractivity contribution in [1.29, 1.82) is 0 Å². The van der Waals surface area contributed by atoms with Crippen LogP contribution in [0.2, 0.25) is 0 Å². The molecular formula is C26H28N2O6. The number of likely N-dealkylation sites (tertiary alicyclic amines) is 1. The van der Waals surface area contributed by atoms with E-state index in [-0.39, 0.29) is 29.6 Å². The number of Topliss-reactive ketones (excluding diaryl/α,β-unsaturated/α-hetero) is 1. The van der Waals surface area contributed by atoms with Gasteiger partial charge < -0.3 is 9.47 Å². The summed E-state index contributed by atoms with van der Waals surface area (Å²) in [6, 6.07) is 12.2. The maximum Gasteiger partial charge on any atom is 0.338 e. The van der Waals surface area contributed by atoms with Crippen molar-refractivity contribution in [2.75, 3.05) is 31.7 Å². The van der Waals surface area contributed by atoms with Crippen LogP contribution in [0.3, 0.4) is 0 Å². The van der Waals surface area contributed by atoms with Crippen LogP contribution >= 0.6 is 0 Å². The Morgan fingerprint density at radius 2 is 1.50 bits per heavy atom. The Kier molecular flexibility index (Phi) is 7.37. The average Bonchev–Trinajstić information content (AvgIpc) is 3.02. The molecule has 4 rings (SSSR count). The van der Waals surface area contributed by atoms with Gasteiger partial charge in [0.15, 0.2) is 12.4 Å². The zero-order valence-electron chi connectivity index (χ0n) is 19.2. The minimum Gasteiger partial charge on any atom is -0.497 e. The standard InChI is InChI=1S/C26H28N2O6/c1-33-21-12-8-18(9-13-21)23(29)17-34-26(32)19-6-10-20(11-7-19)28-24(30)16-22(25(28)31)27-14-4-2-3-5-15-27/h6-13,22H,2-5,14-17H2,1H3. The van der Waals surface area contributed by atoms with Crippen LogP contribution in [0.15, 0.2) is 48.5 Å². The molecule has 2 fully saturated rings. The molecule has 2 aliphatic heterocycles. The Balaban J connectivity index is 1.36. The number of hydrogen-bond acceptors (Lipinski definition) is 7. The second-order valence-electron chi connectivity index (χ2n) is 8.51. The Morgan fingerprint density at radius 1 is 0.882 bits per heavy atom. The zero-order chi connectivity index (χ0) is 24.1. The van der Waals surface area contributed by atoms with Gasteiger partial charge in [0.25, 0.3) is 5.91 Å². The van der Waals surface area contributed by atoms with Crippen molar-refractivity contribution in [3.05, 3.63) is 59.7 Å². The van der Waals surface area contributed by atoms with Gasteiger partial charge in [-0.1, -0.05) is 12.8 Å². The number of benzene rings is 2. The molecule has 2 heterocycles. The summed E-state index contributed by atoms with van der Waals surface area (Å²) < 4.78 is 10.2. The third kappa shape index (κ3) is 5.17. The van der Waals surface area contributed by atoms with E-state index in [4.69, 9.17) is 9.47 Å². The van der Waals surface area contributed by atoms with Crippen LogP contribution in [-0.2, 0) is 14.3 Å². The van der Waals surface area contributed by atoms with Gasteiger partial charge >= 0.3 is 5.97 Å². The fourth-order valence-electron chi connectivity index (χ4n) is 4.40. The number of ketones is 1. The number of esters is 1. The van der Waals surface area contributed by atoms with Crippen LogP contribution in [-0.4, -0.2) is 61.3 Å². The van der Waals surface area contributed by atoms with Crippen molar-refractivity contribution in [1.82, 2.24) is 4.90 Å². The number of carbonyl (C=O) groups is 4. The van der Waals surface area contributed by atoms with Gasteiger partial charge in [-0.25, -0.2) is 9.69 Å². The molecule has 2 saturated heterocycles. The predicted octanol–water partition coefficient (Wildman–Crippen LogP) is 3.24. The fourth-order valence-corrected chi connectivity index (χ4v) is 4.40. The second-order valence-corrected chi connectivity index (χ2v) is 8.51. The first-order valence-corrected chi connectivity index (χ1v) is 11.5. The normalized spacial score (nSPS) is 19.1. The quantitative estimate of drug-likeness (QED) is 0.353. The SMILES string of the molecule is COc1ccc(C(=O)COC(=O)c2ccc(N3C(=O)CC(N4CCCCCC4)C3=O)cc2)cc1. The summed E-state index contributed by atoms with van der Waals surface area (Å²) in [5.74, 6) is -0.816. The molecule has 0 aromatic heterocycles. The molecule has 34 heavy (non-hydrogen) atoms. The molecule has 0 radical (unpaired) electrons. The Bertz CT molecular complexity index is 1060. The molecule has 8 nitrogen and oxygen atoms in total. The average molecular weight is 465 g/mol. The van der Waals surface area contributed by atoms with E-state index in [0.717, 1.165) is 38.8 Å². The lowest BCUT2D eigenvalue weighted by Gasteiger charge is -2.25. The summed E-state index contributed by atoms with van der Waals surface area (Å²) in [5.41, 5.74) is 1.07. The van der Waals surface area contributed by atoms with Crippen molar-refractivity contribution in [2.45, 2.75) is 38.1 Å². The highest BCUT2D eigenvalue weighted by Crippen LogP contribution is 2.27. The first-order chi connectivity index (χ1) is 16.5. The molecule has 1 atom stereocenters. The van der Waals surface area contributed by atoms with E-state index in [1.807, 2.05) is 0 Å². The van der Waals surface area contributed by atoms with E-state index >= 15 is 0 Å². The molecule has 0 aliphatic carbocycles. The number of anilines is 1. The molecule has 2 aliphatic rings. The highest BCUT2D eigenvalue weighted by Gasteiger charge is 2.42. The lowest BCUT2D eigenvalue weighted by atomic mass is 10.1. The third-order valence-corrected chi connectivity index (χ3v) is 6.31. The van der Waals surface area contributed by atoms with E-state index < -0.39 is 18.6 Å². The summed E-state index contributed by atoms with van der Waals surface area (Å²) in [6.45, 7) is 1.27. The second kappa shape index (κ2) is 10.6. The lowest BCUT2D eigenvalue weighted by Crippen LogP contribution is -2.42. The number of carbonyl (C=O) groups excluding carboxylic acids is 4. The van der Waals surface area contributed by atoms with Crippen molar-refractivity contribution in [3.63, 3.8) is 0 Å². The van der Waals surface area contributed by atoms with Crippen LogP contribution < -0.4 is 9.64 Å². The number of rotatable bonds is 7. The lowest BCUT2D eigenvalue weighted by molar-refractivity contribution is -0.122. The molecule has 8 heteroatoms. The van der Waals surface area contributed by atoms with Crippen LogP contribution in [0.5, 0.6) is 5.75 Å². The highest BCUT2D eigenvalue weighted by molar-refractivity contribution is 6.22. The molecule has 2 aromatic rings. The number of hydrogen-bond donors (Lipinski definition) is 0. The maximum absolute atomic E-state index is 13.0. The minimum absolute atomic E-state index is 0.177. The first kappa shape index (κ1) is 23.6. The summed E-state index contributed by atoms with van der Waals surface area (Å²) in [7, 11) is 1.54. The topological polar surface area (TPSA) is 93.2 Å². The van der Waals surface area contributed by atoms with E-state index in [9.17, 15) is 19.2 Å². The number of amides is 2. The molecular weight excluding hydrogens is 436 g/mol. The molecule has 0 bridgehead atoms. The van der Waals surface area contributed by atoms with Crippen LogP contribution in [0.1, 0.15) is 52.8 Å².